The smallest absolute Gasteiger partial charge is 0.265 e. The van der Waals surface area contributed by atoms with Crippen LogP contribution in [0.1, 0.15) is 33.2 Å². The summed E-state index contributed by atoms with van der Waals surface area (Å²) >= 11 is 6.09. The number of hydrogen-bond donors (Lipinski definition) is 1. The van der Waals surface area contributed by atoms with Crippen molar-refractivity contribution in [3.05, 3.63) is 88.4 Å². The Labute approximate surface area is 206 Å². The van der Waals surface area contributed by atoms with Gasteiger partial charge in [0.25, 0.3) is 17.7 Å². The van der Waals surface area contributed by atoms with E-state index in [0.717, 1.165) is 10.5 Å². The monoisotopic (exact) mass is 489 g/mol. The molecule has 4 amide bonds. The molecule has 1 atom stereocenters. The maximum Gasteiger partial charge on any atom is 0.265 e. The Morgan fingerprint density at radius 3 is 2.40 bits per heavy atom. The van der Waals surface area contributed by atoms with Crippen molar-refractivity contribution in [2.45, 2.75) is 19.5 Å². The molecule has 3 aromatic rings. The number of imide groups is 1. The zero-order valence-electron chi connectivity index (χ0n) is 18.7. The van der Waals surface area contributed by atoms with Crippen LogP contribution in [0.4, 0.5) is 11.4 Å². The Bertz CT molecular complexity index is 1350. The van der Waals surface area contributed by atoms with Crippen molar-refractivity contribution in [1.29, 1.82) is 0 Å². The van der Waals surface area contributed by atoms with Crippen LogP contribution in [0.5, 0.6) is 5.75 Å². The van der Waals surface area contributed by atoms with Gasteiger partial charge in [0.1, 0.15) is 11.8 Å². The predicted octanol–water partition coefficient (Wildman–Crippen LogP) is 3.89. The van der Waals surface area contributed by atoms with Crippen LogP contribution in [0.3, 0.4) is 0 Å². The van der Waals surface area contributed by atoms with Gasteiger partial charge in [-0.1, -0.05) is 35.9 Å². The highest BCUT2D eigenvalue weighted by Gasteiger charge is 2.40. The normalized spacial score (nSPS) is 15.4. The molecular weight excluding hydrogens is 470 g/mol. The Morgan fingerprint density at radius 2 is 1.71 bits per heavy atom. The number of anilines is 2. The summed E-state index contributed by atoms with van der Waals surface area (Å²) in [6.07, 6.45) is 0. The lowest BCUT2D eigenvalue weighted by molar-refractivity contribution is -0.121. The standard InChI is InChI=1S/C26H20ClN3O5/c1-15(30-25(33)19-7-2-3-8-20(19)26(30)34)24(32)28-18-9-10-22-21(12-18)29(23(31)14-35-22)13-16-5-4-6-17(27)11-16/h2-12,15H,13-14H2,1H3,(H,28,32). The fourth-order valence-electron chi connectivity index (χ4n) is 4.19. The van der Waals surface area contributed by atoms with Gasteiger partial charge >= 0.3 is 0 Å². The van der Waals surface area contributed by atoms with E-state index in [0.29, 0.717) is 22.1 Å². The van der Waals surface area contributed by atoms with Crippen LogP contribution in [0.15, 0.2) is 66.7 Å². The molecule has 0 bridgehead atoms. The third kappa shape index (κ3) is 4.13. The molecule has 176 valence electrons. The van der Waals surface area contributed by atoms with Crippen molar-refractivity contribution in [1.82, 2.24) is 4.90 Å². The van der Waals surface area contributed by atoms with Gasteiger partial charge < -0.3 is 15.0 Å². The van der Waals surface area contributed by atoms with Gasteiger partial charge in [0, 0.05) is 10.7 Å². The van der Waals surface area contributed by atoms with E-state index in [1.807, 2.05) is 6.07 Å². The average molecular weight is 490 g/mol. The van der Waals surface area contributed by atoms with Crippen LogP contribution < -0.4 is 15.0 Å². The summed E-state index contributed by atoms with van der Waals surface area (Å²) in [5.74, 6) is -1.29. The molecule has 2 aliphatic heterocycles. The molecule has 3 aromatic carbocycles. The molecule has 2 heterocycles. The topological polar surface area (TPSA) is 96.0 Å². The number of hydrogen-bond acceptors (Lipinski definition) is 5. The molecule has 1 N–H and O–H groups in total. The van der Waals surface area contributed by atoms with Crippen LogP contribution in [0, 0.1) is 0 Å². The first kappa shape index (κ1) is 22.6. The van der Waals surface area contributed by atoms with Gasteiger partial charge in [0.15, 0.2) is 6.61 Å². The Hall–Kier alpha value is -4.17. The first-order valence-corrected chi connectivity index (χ1v) is 11.3. The SMILES string of the molecule is CC(C(=O)Nc1ccc2c(c1)N(Cc1cccc(Cl)c1)C(=O)CO2)N1C(=O)c2ccccc2C1=O. The van der Waals surface area contributed by atoms with Crippen molar-refractivity contribution in [3.63, 3.8) is 0 Å². The summed E-state index contributed by atoms with van der Waals surface area (Å²) < 4.78 is 5.55. The fourth-order valence-corrected chi connectivity index (χ4v) is 4.41. The Kier molecular flexibility index (Phi) is 5.74. The molecule has 0 saturated carbocycles. The minimum atomic E-state index is -1.04. The molecule has 0 fully saturated rings. The number of fused-ring (bicyclic) bond motifs is 2. The van der Waals surface area contributed by atoms with E-state index < -0.39 is 23.8 Å². The van der Waals surface area contributed by atoms with Gasteiger partial charge in [0.05, 0.1) is 23.4 Å². The number of carbonyl (C=O) groups is 4. The highest BCUT2D eigenvalue weighted by molar-refractivity contribution is 6.30. The number of nitrogens with one attached hydrogen (secondary N) is 1. The van der Waals surface area contributed by atoms with Gasteiger partial charge in [-0.2, -0.15) is 0 Å². The molecule has 0 aromatic heterocycles. The zero-order valence-corrected chi connectivity index (χ0v) is 19.4. The molecular formula is C26H20ClN3O5. The van der Waals surface area contributed by atoms with E-state index in [2.05, 4.69) is 5.32 Å². The Balaban J connectivity index is 1.37. The summed E-state index contributed by atoms with van der Waals surface area (Å²) in [6, 6.07) is 17.6. The van der Waals surface area contributed by atoms with Gasteiger partial charge in [-0.05, 0) is 55.0 Å². The summed E-state index contributed by atoms with van der Waals surface area (Å²) in [6.45, 7) is 1.67. The number of halogens is 1. The molecule has 9 heteroatoms. The lowest BCUT2D eigenvalue weighted by Gasteiger charge is -2.30. The molecule has 2 aliphatic rings. The van der Waals surface area contributed by atoms with E-state index in [-0.39, 0.29) is 30.2 Å². The van der Waals surface area contributed by atoms with Crippen molar-refractivity contribution >= 4 is 46.6 Å². The summed E-state index contributed by atoms with van der Waals surface area (Å²) in [5, 5.41) is 3.31. The van der Waals surface area contributed by atoms with Gasteiger partial charge in [0.2, 0.25) is 5.91 Å². The number of carbonyl (C=O) groups excluding carboxylic acids is 4. The first-order chi connectivity index (χ1) is 16.8. The fraction of sp³-hybridized carbons (Fsp3) is 0.154. The van der Waals surface area contributed by atoms with E-state index in [4.69, 9.17) is 16.3 Å². The molecule has 8 nitrogen and oxygen atoms in total. The Morgan fingerprint density at radius 1 is 1.00 bits per heavy atom. The van der Waals surface area contributed by atoms with E-state index in [1.54, 1.807) is 65.6 Å². The molecule has 0 aliphatic carbocycles. The van der Waals surface area contributed by atoms with E-state index in [1.165, 1.54) is 6.92 Å². The maximum absolute atomic E-state index is 13.0. The number of nitrogens with zero attached hydrogens (tertiary/aromatic N) is 2. The first-order valence-electron chi connectivity index (χ1n) is 10.9. The third-order valence-corrected chi connectivity index (χ3v) is 6.23. The number of benzene rings is 3. The molecule has 0 spiro atoms. The van der Waals surface area contributed by atoms with Crippen molar-refractivity contribution in [2.24, 2.45) is 0 Å². The highest BCUT2D eigenvalue weighted by Crippen LogP contribution is 2.36. The summed E-state index contributed by atoms with van der Waals surface area (Å²) in [5.41, 5.74) is 2.28. The lowest BCUT2D eigenvalue weighted by atomic mass is 10.1. The highest BCUT2D eigenvalue weighted by atomic mass is 35.5. The van der Waals surface area contributed by atoms with E-state index >= 15 is 0 Å². The minimum absolute atomic E-state index is 0.101. The second kappa shape index (κ2) is 8.88. The van der Waals surface area contributed by atoms with Crippen molar-refractivity contribution in [2.75, 3.05) is 16.8 Å². The van der Waals surface area contributed by atoms with Crippen LogP contribution in [-0.2, 0) is 16.1 Å². The maximum atomic E-state index is 13.0. The third-order valence-electron chi connectivity index (χ3n) is 5.99. The summed E-state index contributed by atoms with van der Waals surface area (Å²) in [4.78, 5) is 53.6. The quantitative estimate of drug-likeness (QED) is 0.548. The van der Waals surface area contributed by atoms with Crippen LogP contribution in [0.25, 0.3) is 0 Å². The van der Waals surface area contributed by atoms with Crippen molar-refractivity contribution in [3.8, 4) is 5.75 Å². The van der Waals surface area contributed by atoms with Crippen molar-refractivity contribution < 1.29 is 23.9 Å². The molecule has 35 heavy (non-hydrogen) atoms. The average Bonchev–Trinajstić information content (AvgIpc) is 3.10. The molecule has 0 radical (unpaired) electrons. The van der Waals surface area contributed by atoms with Crippen LogP contribution >= 0.6 is 11.6 Å². The number of rotatable bonds is 5. The number of ether oxygens (including phenoxy) is 1. The molecule has 1 unspecified atom stereocenters. The summed E-state index contributed by atoms with van der Waals surface area (Å²) in [7, 11) is 0. The lowest BCUT2D eigenvalue weighted by Crippen LogP contribution is -2.45. The molecule has 0 saturated heterocycles. The van der Waals surface area contributed by atoms with Gasteiger partial charge in [-0.15, -0.1) is 0 Å². The largest absolute Gasteiger partial charge is 0.482 e. The second-order valence-electron chi connectivity index (χ2n) is 8.27. The number of amides is 4. The molecule has 5 rings (SSSR count). The van der Waals surface area contributed by atoms with Crippen LogP contribution in [0.2, 0.25) is 5.02 Å². The predicted molar refractivity (Wildman–Crippen MR) is 130 cm³/mol. The minimum Gasteiger partial charge on any atom is -0.482 e. The second-order valence-corrected chi connectivity index (χ2v) is 8.71. The van der Waals surface area contributed by atoms with E-state index in [9.17, 15) is 19.2 Å². The zero-order chi connectivity index (χ0) is 24.7. The van der Waals surface area contributed by atoms with Gasteiger partial charge in [-0.3, -0.25) is 24.1 Å². The van der Waals surface area contributed by atoms with Gasteiger partial charge in [-0.25, -0.2) is 0 Å². The van der Waals surface area contributed by atoms with Crippen LogP contribution in [-0.4, -0.2) is 41.2 Å².